The summed E-state index contributed by atoms with van der Waals surface area (Å²) in [7, 11) is -1.10. The number of hydrogen-bond acceptors (Lipinski definition) is 4. The molecule has 6 nitrogen and oxygen atoms in total. The van der Waals surface area contributed by atoms with E-state index in [1.165, 1.54) is 4.31 Å². The van der Waals surface area contributed by atoms with E-state index in [0.717, 1.165) is 13.1 Å². The lowest BCUT2D eigenvalue weighted by molar-refractivity contribution is -0.126. The fourth-order valence-corrected chi connectivity index (χ4v) is 4.00. The van der Waals surface area contributed by atoms with Crippen molar-refractivity contribution in [2.75, 3.05) is 45.5 Å². The van der Waals surface area contributed by atoms with Gasteiger partial charge in [0.15, 0.2) is 0 Å². The van der Waals surface area contributed by atoms with E-state index in [2.05, 4.69) is 17.1 Å². The predicted molar refractivity (Wildman–Crippen MR) is 84.6 cm³/mol. The SMILES string of the molecule is CCCS(=O)(=O)N1CCC(C(=O)NCCN(C)CC)CC1. The van der Waals surface area contributed by atoms with Crippen LogP contribution in [0.3, 0.4) is 0 Å². The third kappa shape index (κ3) is 5.92. The third-order valence-corrected chi connectivity index (χ3v) is 6.09. The minimum Gasteiger partial charge on any atom is -0.355 e. The van der Waals surface area contributed by atoms with Crippen molar-refractivity contribution in [3.63, 3.8) is 0 Å². The highest BCUT2D eigenvalue weighted by Crippen LogP contribution is 2.20. The number of carbonyl (C=O) groups is 1. The number of nitrogens with zero attached hydrogens (tertiary/aromatic N) is 2. The lowest BCUT2D eigenvalue weighted by Crippen LogP contribution is -2.44. The molecule has 1 aliphatic rings. The molecule has 0 atom stereocenters. The van der Waals surface area contributed by atoms with E-state index in [0.29, 0.717) is 38.9 Å². The zero-order chi connectivity index (χ0) is 15.9. The Morgan fingerprint density at radius 3 is 2.43 bits per heavy atom. The Hall–Kier alpha value is -0.660. The number of hydrogen-bond donors (Lipinski definition) is 1. The van der Waals surface area contributed by atoms with E-state index >= 15 is 0 Å². The topological polar surface area (TPSA) is 69.7 Å². The maximum Gasteiger partial charge on any atom is 0.223 e. The second kappa shape index (κ2) is 8.70. The normalized spacial score (nSPS) is 18.1. The average molecular weight is 319 g/mol. The Morgan fingerprint density at radius 1 is 1.29 bits per heavy atom. The number of piperidine rings is 1. The minimum absolute atomic E-state index is 0.0509. The van der Waals surface area contributed by atoms with Crippen molar-refractivity contribution in [3.8, 4) is 0 Å². The van der Waals surface area contributed by atoms with Gasteiger partial charge < -0.3 is 10.2 Å². The highest BCUT2D eigenvalue weighted by molar-refractivity contribution is 7.89. The summed E-state index contributed by atoms with van der Waals surface area (Å²) < 4.78 is 25.5. The van der Waals surface area contributed by atoms with Gasteiger partial charge in [-0.15, -0.1) is 0 Å². The smallest absolute Gasteiger partial charge is 0.223 e. The Bertz CT molecular complexity index is 417. The standard InChI is InChI=1S/C14H29N3O3S/c1-4-12-21(19,20)17-9-6-13(7-10-17)14(18)15-8-11-16(3)5-2/h13H,4-12H2,1-3H3,(H,15,18). The summed E-state index contributed by atoms with van der Waals surface area (Å²) in [5.41, 5.74) is 0. The minimum atomic E-state index is -3.12. The van der Waals surface area contributed by atoms with Crippen LogP contribution in [0.5, 0.6) is 0 Å². The van der Waals surface area contributed by atoms with Crippen molar-refractivity contribution < 1.29 is 13.2 Å². The summed E-state index contributed by atoms with van der Waals surface area (Å²) in [4.78, 5) is 14.2. The van der Waals surface area contributed by atoms with E-state index in [9.17, 15) is 13.2 Å². The molecule has 0 unspecified atom stereocenters. The van der Waals surface area contributed by atoms with Crippen LogP contribution in [0.4, 0.5) is 0 Å². The summed E-state index contributed by atoms with van der Waals surface area (Å²) in [6, 6.07) is 0. The third-order valence-electron chi connectivity index (χ3n) is 4.01. The molecule has 0 radical (unpaired) electrons. The van der Waals surface area contributed by atoms with Crippen LogP contribution in [0, 0.1) is 5.92 Å². The lowest BCUT2D eigenvalue weighted by Gasteiger charge is -2.30. The molecule has 21 heavy (non-hydrogen) atoms. The fourth-order valence-electron chi connectivity index (χ4n) is 2.46. The van der Waals surface area contributed by atoms with Crippen LogP contribution in [-0.2, 0) is 14.8 Å². The molecule has 1 rings (SSSR count). The number of amides is 1. The van der Waals surface area contributed by atoms with Gasteiger partial charge in [-0.1, -0.05) is 13.8 Å². The first kappa shape index (κ1) is 18.4. The van der Waals surface area contributed by atoms with Crippen molar-refractivity contribution in [1.82, 2.24) is 14.5 Å². The fraction of sp³-hybridized carbons (Fsp3) is 0.929. The number of carbonyl (C=O) groups excluding carboxylic acids is 1. The van der Waals surface area contributed by atoms with Gasteiger partial charge in [0.25, 0.3) is 0 Å². The van der Waals surface area contributed by atoms with Crippen LogP contribution in [0.1, 0.15) is 33.1 Å². The van der Waals surface area contributed by atoms with Gasteiger partial charge in [-0.2, -0.15) is 0 Å². The average Bonchev–Trinajstić information content (AvgIpc) is 2.47. The molecule has 1 saturated heterocycles. The second-order valence-corrected chi connectivity index (χ2v) is 7.76. The van der Waals surface area contributed by atoms with Gasteiger partial charge in [0, 0.05) is 32.1 Å². The molecular formula is C14H29N3O3S. The van der Waals surface area contributed by atoms with E-state index in [4.69, 9.17) is 0 Å². The van der Waals surface area contributed by atoms with E-state index in [1.807, 2.05) is 14.0 Å². The molecule has 0 aromatic rings. The van der Waals surface area contributed by atoms with E-state index < -0.39 is 10.0 Å². The molecule has 0 aromatic heterocycles. The van der Waals surface area contributed by atoms with Crippen LogP contribution in [0.15, 0.2) is 0 Å². The van der Waals surface area contributed by atoms with Crippen molar-refractivity contribution in [2.45, 2.75) is 33.1 Å². The van der Waals surface area contributed by atoms with Crippen LogP contribution >= 0.6 is 0 Å². The predicted octanol–water partition coefficient (Wildman–Crippen LogP) is 0.506. The molecule has 7 heteroatoms. The molecule has 0 bridgehead atoms. The van der Waals surface area contributed by atoms with Crippen LogP contribution in [0.25, 0.3) is 0 Å². The van der Waals surface area contributed by atoms with Crippen molar-refractivity contribution in [2.24, 2.45) is 5.92 Å². The Kier molecular flexibility index (Phi) is 7.62. The number of rotatable bonds is 8. The van der Waals surface area contributed by atoms with E-state index in [-0.39, 0.29) is 17.6 Å². The summed E-state index contributed by atoms with van der Waals surface area (Å²) in [5, 5.41) is 2.95. The number of nitrogens with one attached hydrogen (secondary N) is 1. The van der Waals surface area contributed by atoms with Gasteiger partial charge >= 0.3 is 0 Å². The highest BCUT2D eigenvalue weighted by Gasteiger charge is 2.30. The Labute approximate surface area is 128 Å². The molecule has 124 valence electrons. The number of likely N-dealkylation sites (N-methyl/N-ethyl adjacent to an activating group) is 1. The summed E-state index contributed by atoms with van der Waals surface area (Å²) in [6.45, 7) is 7.33. The molecule has 1 heterocycles. The molecule has 0 aromatic carbocycles. The van der Waals surface area contributed by atoms with Crippen molar-refractivity contribution in [1.29, 1.82) is 0 Å². The highest BCUT2D eigenvalue weighted by atomic mass is 32.2. The molecule has 1 N–H and O–H groups in total. The molecule has 1 amide bonds. The second-order valence-electron chi connectivity index (χ2n) is 5.68. The Morgan fingerprint density at radius 2 is 1.90 bits per heavy atom. The van der Waals surface area contributed by atoms with Crippen LogP contribution in [0.2, 0.25) is 0 Å². The van der Waals surface area contributed by atoms with Gasteiger partial charge in [-0.05, 0) is 32.9 Å². The van der Waals surface area contributed by atoms with Gasteiger partial charge in [0.2, 0.25) is 15.9 Å². The first-order chi connectivity index (χ1) is 9.90. The summed E-state index contributed by atoms with van der Waals surface area (Å²) in [6.07, 6.45) is 1.88. The zero-order valence-electron chi connectivity index (χ0n) is 13.5. The quantitative estimate of drug-likeness (QED) is 0.707. The Balaban J connectivity index is 2.34. The van der Waals surface area contributed by atoms with Crippen LogP contribution < -0.4 is 5.32 Å². The first-order valence-corrected chi connectivity index (χ1v) is 9.45. The largest absolute Gasteiger partial charge is 0.355 e. The molecule has 1 aliphatic heterocycles. The zero-order valence-corrected chi connectivity index (χ0v) is 14.3. The van der Waals surface area contributed by atoms with Crippen molar-refractivity contribution in [3.05, 3.63) is 0 Å². The van der Waals surface area contributed by atoms with Crippen LogP contribution in [-0.4, -0.2) is 69.1 Å². The van der Waals surface area contributed by atoms with Gasteiger partial charge in [0.05, 0.1) is 5.75 Å². The summed E-state index contributed by atoms with van der Waals surface area (Å²) >= 11 is 0. The van der Waals surface area contributed by atoms with E-state index in [1.54, 1.807) is 0 Å². The van der Waals surface area contributed by atoms with Gasteiger partial charge in [-0.25, -0.2) is 12.7 Å². The first-order valence-electron chi connectivity index (χ1n) is 7.84. The molecular weight excluding hydrogens is 290 g/mol. The molecule has 0 spiro atoms. The molecule has 0 aliphatic carbocycles. The summed E-state index contributed by atoms with van der Waals surface area (Å²) in [5.74, 6) is 0.213. The van der Waals surface area contributed by atoms with Crippen molar-refractivity contribution >= 4 is 15.9 Å². The lowest BCUT2D eigenvalue weighted by atomic mass is 9.97. The monoisotopic (exact) mass is 319 g/mol. The molecule has 1 fully saturated rings. The number of sulfonamides is 1. The maximum atomic E-state index is 12.1. The van der Waals surface area contributed by atoms with Gasteiger partial charge in [-0.3, -0.25) is 4.79 Å². The molecule has 0 saturated carbocycles. The van der Waals surface area contributed by atoms with Gasteiger partial charge in [0.1, 0.15) is 0 Å². The maximum absolute atomic E-state index is 12.1.